The molecule has 0 unspecified atom stereocenters. The van der Waals surface area contributed by atoms with Gasteiger partial charge in [0.15, 0.2) is 5.13 Å². The summed E-state index contributed by atoms with van der Waals surface area (Å²) in [6, 6.07) is 6.15. The molecule has 0 fully saturated rings. The molecule has 4 nitrogen and oxygen atoms in total. The predicted molar refractivity (Wildman–Crippen MR) is 80.9 cm³/mol. The highest BCUT2D eigenvalue weighted by Gasteiger charge is 2.02. The second kappa shape index (κ2) is 7.86. The topological polar surface area (TPSA) is 54.0 Å². The molecule has 0 saturated heterocycles. The van der Waals surface area contributed by atoms with Gasteiger partial charge in [-0.25, -0.2) is 14.2 Å². The summed E-state index contributed by atoms with van der Waals surface area (Å²) >= 11 is 3.01. The Hall–Kier alpha value is -1.60. The number of halogens is 1. The molecule has 7 heteroatoms. The highest BCUT2D eigenvalue weighted by Crippen LogP contribution is 2.18. The molecule has 0 aliphatic carbocycles. The Bertz CT molecular complexity index is 531. The maximum absolute atomic E-state index is 12.7. The third kappa shape index (κ3) is 5.18. The number of benzene rings is 1. The van der Waals surface area contributed by atoms with Crippen LogP contribution in [0.3, 0.4) is 0 Å². The molecule has 2 aromatic rings. The van der Waals surface area contributed by atoms with Crippen LogP contribution in [0.2, 0.25) is 0 Å². The van der Waals surface area contributed by atoms with Gasteiger partial charge in [0.05, 0.1) is 0 Å². The molecule has 0 spiro atoms. The van der Waals surface area contributed by atoms with Crippen molar-refractivity contribution in [3.63, 3.8) is 0 Å². The quantitative estimate of drug-likeness (QED) is 0.633. The Labute approximate surface area is 124 Å². The highest BCUT2D eigenvalue weighted by atomic mass is 32.2. The van der Waals surface area contributed by atoms with Gasteiger partial charge in [0.2, 0.25) is 0 Å². The number of anilines is 1. The third-order valence-corrected chi connectivity index (χ3v) is 4.13. The molecule has 0 aliphatic heterocycles. The minimum absolute atomic E-state index is 0.227. The number of carbonyl (C=O) groups excluding carboxylic acids is 1. The van der Waals surface area contributed by atoms with Gasteiger partial charge in [-0.05, 0) is 36.4 Å². The molecule has 0 aliphatic rings. The van der Waals surface area contributed by atoms with Crippen molar-refractivity contribution >= 4 is 34.3 Å². The molecule has 2 amide bonds. The molecular formula is C13H14FN3OS2. The fraction of sp³-hybridized carbons (Fsp3) is 0.231. The van der Waals surface area contributed by atoms with Crippen molar-refractivity contribution in [3.8, 4) is 0 Å². The summed E-state index contributed by atoms with van der Waals surface area (Å²) in [6.07, 6.45) is 2.48. The number of amides is 2. The van der Waals surface area contributed by atoms with Gasteiger partial charge in [-0.15, -0.1) is 23.1 Å². The number of nitrogens with one attached hydrogen (secondary N) is 2. The number of aromatic nitrogens is 1. The van der Waals surface area contributed by atoms with E-state index in [1.54, 1.807) is 35.5 Å². The highest BCUT2D eigenvalue weighted by molar-refractivity contribution is 7.99. The third-order valence-electron chi connectivity index (χ3n) is 2.34. The Morgan fingerprint density at radius 2 is 2.15 bits per heavy atom. The molecule has 106 valence electrons. The number of hydrogen-bond donors (Lipinski definition) is 2. The first-order valence-electron chi connectivity index (χ1n) is 6.07. The number of thioether (sulfide) groups is 1. The second-order valence-electron chi connectivity index (χ2n) is 3.87. The molecule has 20 heavy (non-hydrogen) atoms. The molecule has 1 aromatic heterocycles. The Kier molecular flexibility index (Phi) is 5.82. The molecule has 0 saturated carbocycles. The summed E-state index contributed by atoms with van der Waals surface area (Å²) in [5, 5.41) is 7.79. The zero-order chi connectivity index (χ0) is 14.2. The van der Waals surface area contributed by atoms with E-state index < -0.39 is 0 Å². The van der Waals surface area contributed by atoms with E-state index in [0.29, 0.717) is 11.7 Å². The number of rotatable bonds is 6. The Morgan fingerprint density at radius 1 is 1.35 bits per heavy atom. The Balaban J connectivity index is 1.57. The zero-order valence-electron chi connectivity index (χ0n) is 10.6. The van der Waals surface area contributed by atoms with E-state index in [1.807, 2.05) is 0 Å². The van der Waals surface area contributed by atoms with Gasteiger partial charge in [0.25, 0.3) is 0 Å². The zero-order valence-corrected chi connectivity index (χ0v) is 12.3. The van der Waals surface area contributed by atoms with E-state index in [0.717, 1.165) is 17.1 Å². The number of hydrogen-bond acceptors (Lipinski definition) is 4. The van der Waals surface area contributed by atoms with Gasteiger partial charge >= 0.3 is 6.03 Å². The molecule has 1 heterocycles. The normalized spacial score (nSPS) is 10.2. The second-order valence-corrected chi connectivity index (χ2v) is 5.94. The smallest absolute Gasteiger partial charge is 0.321 e. The molecule has 2 N–H and O–H groups in total. The molecule has 1 aromatic carbocycles. The van der Waals surface area contributed by atoms with Crippen molar-refractivity contribution in [1.82, 2.24) is 10.3 Å². The average Bonchev–Trinajstić information content (AvgIpc) is 2.93. The summed E-state index contributed by atoms with van der Waals surface area (Å²) in [6.45, 7) is 0.589. The van der Waals surface area contributed by atoms with Crippen LogP contribution in [0.4, 0.5) is 14.3 Å². The number of carbonyl (C=O) groups is 1. The lowest BCUT2D eigenvalue weighted by Crippen LogP contribution is -2.29. The number of nitrogens with zero attached hydrogens (tertiary/aromatic N) is 1. The van der Waals surface area contributed by atoms with Crippen LogP contribution in [0.1, 0.15) is 6.42 Å². The monoisotopic (exact) mass is 311 g/mol. The lowest BCUT2D eigenvalue weighted by atomic mass is 10.4. The summed E-state index contributed by atoms with van der Waals surface area (Å²) in [7, 11) is 0. The number of urea groups is 1. The molecule has 0 radical (unpaired) electrons. The van der Waals surface area contributed by atoms with Crippen molar-refractivity contribution in [2.24, 2.45) is 0 Å². The van der Waals surface area contributed by atoms with Gasteiger partial charge < -0.3 is 5.32 Å². The average molecular weight is 311 g/mol. The van der Waals surface area contributed by atoms with Gasteiger partial charge in [-0.3, -0.25) is 5.32 Å². The first-order valence-corrected chi connectivity index (χ1v) is 7.93. The van der Waals surface area contributed by atoms with E-state index in [1.165, 1.54) is 23.5 Å². The SMILES string of the molecule is O=C(NCCCSc1ccc(F)cc1)Nc1nccs1. The first kappa shape index (κ1) is 14.8. The lowest BCUT2D eigenvalue weighted by Gasteiger charge is -2.05. The van der Waals surface area contributed by atoms with Crippen LogP contribution in [0.25, 0.3) is 0 Å². The van der Waals surface area contributed by atoms with Crippen LogP contribution < -0.4 is 10.6 Å². The van der Waals surface area contributed by atoms with Crippen LogP contribution in [0.15, 0.2) is 40.7 Å². The summed E-state index contributed by atoms with van der Waals surface area (Å²) in [5.74, 6) is 0.637. The minimum atomic E-state index is -0.244. The van der Waals surface area contributed by atoms with Gasteiger partial charge in [-0.1, -0.05) is 0 Å². The van der Waals surface area contributed by atoms with Gasteiger partial charge in [0.1, 0.15) is 5.82 Å². The van der Waals surface area contributed by atoms with E-state index in [9.17, 15) is 9.18 Å². The van der Waals surface area contributed by atoms with E-state index in [2.05, 4.69) is 15.6 Å². The van der Waals surface area contributed by atoms with E-state index >= 15 is 0 Å². The lowest BCUT2D eigenvalue weighted by molar-refractivity contribution is 0.252. The molecule has 0 bridgehead atoms. The summed E-state index contributed by atoms with van der Waals surface area (Å²) in [4.78, 5) is 16.5. The summed E-state index contributed by atoms with van der Waals surface area (Å²) in [5.41, 5.74) is 0. The standard InChI is InChI=1S/C13H14FN3OS2/c14-10-2-4-11(5-3-10)19-8-1-6-15-12(18)17-13-16-7-9-20-13/h2-5,7,9H,1,6,8H2,(H2,15,16,17,18). The predicted octanol–water partition coefficient (Wildman–Crippen LogP) is 3.59. The van der Waals surface area contributed by atoms with Crippen molar-refractivity contribution in [2.75, 3.05) is 17.6 Å². The minimum Gasteiger partial charge on any atom is -0.338 e. The van der Waals surface area contributed by atoms with E-state index in [4.69, 9.17) is 0 Å². The van der Waals surface area contributed by atoms with Crippen molar-refractivity contribution in [1.29, 1.82) is 0 Å². The fourth-order valence-corrected chi connectivity index (χ4v) is 2.80. The maximum atomic E-state index is 12.7. The van der Waals surface area contributed by atoms with E-state index in [-0.39, 0.29) is 11.8 Å². The first-order chi connectivity index (χ1) is 9.74. The number of thiazole rings is 1. The fourth-order valence-electron chi connectivity index (χ4n) is 1.42. The van der Waals surface area contributed by atoms with Crippen LogP contribution in [-0.4, -0.2) is 23.3 Å². The van der Waals surface area contributed by atoms with Gasteiger partial charge in [-0.2, -0.15) is 0 Å². The molecular weight excluding hydrogens is 297 g/mol. The van der Waals surface area contributed by atoms with Crippen molar-refractivity contribution in [2.45, 2.75) is 11.3 Å². The maximum Gasteiger partial charge on any atom is 0.321 e. The van der Waals surface area contributed by atoms with Crippen LogP contribution in [-0.2, 0) is 0 Å². The Morgan fingerprint density at radius 3 is 2.85 bits per heavy atom. The van der Waals surface area contributed by atoms with Crippen LogP contribution >= 0.6 is 23.1 Å². The molecule has 0 atom stereocenters. The van der Waals surface area contributed by atoms with Gasteiger partial charge in [0, 0.05) is 23.0 Å². The van der Waals surface area contributed by atoms with Crippen LogP contribution in [0.5, 0.6) is 0 Å². The van der Waals surface area contributed by atoms with Crippen LogP contribution in [0, 0.1) is 5.82 Å². The van der Waals surface area contributed by atoms with Crippen molar-refractivity contribution in [3.05, 3.63) is 41.7 Å². The largest absolute Gasteiger partial charge is 0.338 e. The molecule has 2 rings (SSSR count). The summed E-state index contributed by atoms with van der Waals surface area (Å²) < 4.78 is 12.7. The van der Waals surface area contributed by atoms with Crippen molar-refractivity contribution < 1.29 is 9.18 Å².